The molecule has 29 heavy (non-hydrogen) atoms. The van der Waals surface area contributed by atoms with Crippen molar-refractivity contribution in [3.05, 3.63) is 65.2 Å². The van der Waals surface area contributed by atoms with Crippen LogP contribution in [0.15, 0.2) is 48.5 Å². The average Bonchev–Trinajstić information content (AvgIpc) is 2.69. The number of carbonyl (C=O) groups is 3. The summed E-state index contributed by atoms with van der Waals surface area (Å²) in [4.78, 5) is 37.1. The summed E-state index contributed by atoms with van der Waals surface area (Å²) in [5, 5.41) is 11.3. The summed E-state index contributed by atoms with van der Waals surface area (Å²) in [6.07, 6.45) is 4.64. The minimum Gasteiger partial charge on any atom is -0.481 e. The van der Waals surface area contributed by atoms with Crippen molar-refractivity contribution in [2.45, 2.75) is 32.2 Å². The molecule has 1 heterocycles. The monoisotopic (exact) mass is 392 g/mol. The third-order valence-electron chi connectivity index (χ3n) is 4.81. The van der Waals surface area contributed by atoms with Crippen molar-refractivity contribution in [1.29, 1.82) is 0 Å². The van der Waals surface area contributed by atoms with E-state index in [0.29, 0.717) is 6.54 Å². The summed E-state index contributed by atoms with van der Waals surface area (Å²) in [5.74, 6) is -1.23. The molecule has 0 spiro atoms. The molecule has 2 N–H and O–H groups in total. The van der Waals surface area contributed by atoms with Gasteiger partial charge in [-0.15, -0.1) is 0 Å². The first-order chi connectivity index (χ1) is 14.0. The molecule has 0 atom stereocenters. The molecule has 2 amide bonds. The number of hydrogen-bond acceptors (Lipinski definition) is 3. The smallest absolute Gasteiger partial charge is 0.303 e. The van der Waals surface area contributed by atoms with Gasteiger partial charge < -0.3 is 15.3 Å². The number of para-hydroxylation sites is 1. The first-order valence-corrected chi connectivity index (χ1v) is 9.68. The van der Waals surface area contributed by atoms with Gasteiger partial charge >= 0.3 is 5.97 Å². The zero-order valence-corrected chi connectivity index (χ0v) is 16.1. The Kier molecular flexibility index (Phi) is 6.79. The number of nitrogens with zero attached hydrogens (tertiary/aromatic N) is 1. The number of carbonyl (C=O) groups excluding carboxylic acids is 2. The van der Waals surface area contributed by atoms with E-state index in [4.69, 9.17) is 5.11 Å². The number of fused-ring (bicyclic) bond motifs is 2. The highest BCUT2D eigenvalue weighted by atomic mass is 16.4. The van der Waals surface area contributed by atoms with Gasteiger partial charge in [-0.3, -0.25) is 14.4 Å². The highest BCUT2D eigenvalue weighted by molar-refractivity contribution is 5.97. The van der Waals surface area contributed by atoms with Gasteiger partial charge in [-0.2, -0.15) is 0 Å². The Hall–Kier alpha value is -3.41. The third-order valence-corrected chi connectivity index (χ3v) is 4.81. The summed E-state index contributed by atoms with van der Waals surface area (Å²) >= 11 is 0. The first-order valence-electron chi connectivity index (χ1n) is 9.68. The van der Waals surface area contributed by atoms with Crippen molar-refractivity contribution in [1.82, 2.24) is 5.32 Å². The second kappa shape index (κ2) is 9.68. The van der Waals surface area contributed by atoms with Crippen molar-refractivity contribution in [2.75, 3.05) is 11.4 Å². The number of aliphatic carboxylic acids is 1. The molecule has 2 aromatic rings. The van der Waals surface area contributed by atoms with E-state index >= 15 is 0 Å². The first kappa shape index (κ1) is 20.3. The molecule has 1 aliphatic heterocycles. The molecule has 0 bridgehead atoms. The number of amides is 2. The maximum Gasteiger partial charge on any atom is 0.303 e. The van der Waals surface area contributed by atoms with Gasteiger partial charge in [0.05, 0.1) is 12.2 Å². The Balaban J connectivity index is 1.67. The van der Waals surface area contributed by atoms with Gasteiger partial charge in [0.2, 0.25) is 11.8 Å². The Morgan fingerprint density at radius 1 is 0.897 bits per heavy atom. The number of carboxylic acid groups (broad SMARTS) is 1. The van der Waals surface area contributed by atoms with Crippen LogP contribution in [0.3, 0.4) is 0 Å². The third kappa shape index (κ3) is 5.54. The molecule has 1 aliphatic rings. The van der Waals surface area contributed by atoms with Crippen molar-refractivity contribution >= 4 is 35.6 Å². The molecule has 0 saturated heterocycles. The van der Waals surface area contributed by atoms with E-state index in [9.17, 15) is 14.4 Å². The van der Waals surface area contributed by atoms with Crippen molar-refractivity contribution in [3.8, 4) is 0 Å². The molecule has 0 saturated carbocycles. The van der Waals surface area contributed by atoms with Crippen LogP contribution in [0.25, 0.3) is 12.2 Å². The van der Waals surface area contributed by atoms with Crippen molar-refractivity contribution in [3.63, 3.8) is 0 Å². The number of anilines is 1. The van der Waals surface area contributed by atoms with Crippen LogP contribution in [0.1, 0.15) is 42.4 Å². The number of carboxylic acids is 1. The summed E-state index contributed by atoms with van der Waals surface area (Å²) in [7, 11) is 0. The zero-order chi connectivity index (χ0) is 20.6. The SMILES string of the molecule is O=C(O)CCCC(=O)NCCC(=O)N1Cc2ccccc2/C=C\c2ccccc21. The van der Waals surface area contributed by atoms with Crippen LogP contribution in [0.5, 0.6) is 0 Å². The van der Waals surface area contributed by atoms with E-state index in [1.54, 1.807) is 4.90 Å². The van der Waals surface area contributed by atoms with Gasteiger partial charge in [0.15, 0.2) is 0 Å². The molecular formula is C23H24N2O4. The normalized spacial score (nSPS) is 13.4. The van der Waals surface area contributed by atoms with E-state index in [1.807, 2.05) is 54.6 Å². The maximum atomic E-state index is 13.0. The van der Waals surface area contributed by atoms with Crippen molar-refractivity contribution < 1.29 is 19.5 Å². The number of rotatable bonds is 7. The zero-order valence-electron chi connectivity index (χ0n) is 16.1. The van der Waals surface area contributed by atoms with Gasteiger partial charge in [-0.05, 0) is 29.2 Å². The van der Waals surface area contributed by atoms with Crippen LogP contribution < -0.4 is 10.2 Å². The lowest BCUT2D eigenvalue weighted by Gasteiger charge is -2.27. The van der Waals surface area contributed by atoms with Crippen LogP contribution in [0, 0.1) is 0 Å². The van der Waals surface area contributed by atoms with Gasteiger partial charge in [-0.1, -0.05) is 54.6 Å². The molecule has 150 valence electrons. The number of nitrogens with one attached hydrogen (secondary N) is 1. The van der Waals surface area contributed by atoms with Gasteiger partial charge in [-0.25, -0.2) is 0 Å². The predicted octanol–water partition coefficient (Wildman–Crippen LogP) is 3.46. The van der Waals surface area contributed by atoms with Crippen LogP contribution in [0.2, 0.25) is 0 Å². The summed E-state index contributed by atoms with van der Waals surface area (Å²) in [6, 6.07) is 15.7. The van der Waals surface area contributed by atoms with E-state index < -0.39 is 5.97 Å². The van der Waals surface area contributed by atoms with Crippen molar-refractivity contribution in [2.24, 2.45) is 0 Å². The van der Waals surface area contributed by atoms with Crippen LogP contribution in [-0.2, 0) is 20.9 Å². The molecule has 0 radical (unpaired) electrons. The second-order valence-corrected chi connectivity index (χ2v) is 6.92. The fourth-order valence-electron chi connectivity index (χ4n) is 3.31. The molecule has 6 nitrogen and oxygen atoms in total. The quantitative estimate of drug-likeness (QED) is 0.755. The number of hydrogen-bond donors (Lipinski definition) is 2. The lowest BCUT2D eigenvalue weighted by molar-refractivity contribution is -0.137. The molecule has 0 fully saturated rings. The van der Waals surface area contributed by atoms with E-state index in [1.165, 1.54) is 0 Å². The molecule has 6 heteroatoms. The summed E-state index contributed by atoms with van der Waals surface area (Å²) < 4.78 is 0. The predicted molar refractivity (Wildman–Crippen MR) is 112 cm³/mol. The second-order valence-electron chi connectivity index (χ2n) is 6.92. The summed E-state index contributed by atoms with van der Waals surface area (Å²) in [5.41, 5.74) is 3.94. The molecule has 2 aromatic carbocycles. The molecule has 0 aliphatic carbocycles. The largest absolute Gasteiger partial charge is 0.481 e. The van der Waals surface area contributed by atoms with Crippen LogP contribution in [-0.4, -0.2) is 29.4 Å². The molecule has 0 unspecified atom stereocenters. The Labute approximate surface area is 169 Å². The number of benzene rings is 2. The minimum absolute atomic E-state index is 0.0379. The topological polar surface area (TPSA) is 86.7 Å². The minimum atomic E-state index is -0.918. The Morgan fingerprint density at radius 3 is 2.38 bits per heavy atom. The standard InChI is InChI=1S/C23H24N2O4/c26-21(10-5-11-23(28)29)24-15-14-22(27)25-16-19-8-2-1-6-17(19)12-13-18-7-3-4-9-20(18)25/h1-4,6-9,12-13H,5,10-11,14-16H2,(H,24,26)(H,28,29)/b13-12-. The highest BCUT2D eigenvalue weighted by Gasteiger charge is 2.20. The summed E-state index contributed by atoms with van der Waals surface area (Å²) in [6.45, 7) is 0.684. The van der Waals surface area contributed by atoms with Gasteiger partial charge in [0, 0.05) is 25.8 Å². The van der Waals surface area contributed by atoms with Gasteiger partial charge in [0.1, 0.15) is 0 Å². The Morgan fingerprint density at radius 2 is 1.59 bits per heavy atom. The molecular weight excluding hydrogens is 368 g/mol. The van der Waals surface area contributed by atoms with E-state index in [2.05, 4.69) is 11.4 Å². The van der Waals surface area contributed by atoms with E-state index in [-0.39, 0.29) is 44.0 Å². The molecule has 0 aromatic heterocycles. The Bertz CT molecular complexity index is 936. The molecule has 3 rings (SSSR count). The van der Waals surface area contributed by atoms with E-state index in [0.717, 1.165) is 22.4 Å². The van der Waals surface area contributed by atoms with Crippen LogP contribution in [0.4, 0.5) is 5.69 Å². The highest BCUT2D eigenvalue weighted by Crippen LogP contribution is 2.29. The maximum absolute atomic E-state index is 13.0. The fraction of sp³-hybridized carbons (Fsp3) is 0.261. The average molecular weight is 392 g/mol. The van der Waals surface area contributed by atoms with Crippen LogP contribution >= 0.6 is 0 Å². The fourth-order valence-corrected chi connectivity index (χ4v) is 3.31. The lowest BCUT2D eigenvalue weighted by Crippen LogP contribution is -2.35. The van der Waals surface area contributed by atoms with Gasteiger partial charge in [0.25, 0.3) is 0 Å². The lowest BCUT2D eigenvalue weighted by atomic mass is 10.0.